The van der Waals surface area contributed by atoms with Gasteiger partial charge in [-0.3, -0.25) is 4.79 Å². The van der Waals surface area contributed by atoms with Crippen LogP contribution >= 0.6 is 0 Å². The Kier molecular flexibility index (Phi) is 5.50. The Morgan fingerprint density at radius 1 is 1.07 bits per heavy atom. The van der Waals surface area contributed by atoms with Gasteiger partial charge in [0.15, 0.2) is 0 Å². The fraction of sp³-hybridized carbons (Fsp3) is 0.292. The number of carbonyl (C=O) groups excluding carboxylic acids is 1. The van der Waals surface area contributed by atoms with E-state index in [0.29, 0.717) is 6.04 Å². The third kappa shape index (κ3) is 4.20. The molecule has 0 radical (unpaired) electrons. The molecule has 2 N–H and O–H groups in total. The molecule has 2 aromatic carbocycles. The molecule has 4 rings (SSSR count). The molecule has 0 saturated carbocycles. The van der Waals surface area contributed by atoms with Crippen LogP contribution in [0, 0.1) is 0 Å². The van der Waals surface area contributed by atoms with Crippen LogP contribution in [-0.2, 0) is 6.42 Å². The maximum Gasteiger partial charge on any atom is 0.150 e. The first-order valence-corrected chi connectivity index (χ1v) is 9.86. The van der Waals surface area contributed by atoms with Crippen LogP contribution in [0.2, 0.25) is 0 Å². The highest BCUT2D eigenvalue weighted by atomic mass is 16.1. The summed E-state index contributed by atoms with van der Waals surface area (Å²) in [6, 6.07) is 17.1. The van der Waals surface area contributed by atoms with Crippen molar-refractivity contribution in [2.45, 2.75) is 38.1 Å². The first kappa shape index (κ1) is 17.7. The predicted molar refractivity (Wildman–Crippen MR) is 112 cm³/mol. The Balaban J connectivity index is 1.29. The molecule has 1 unspecified atom stereocenters. The number of unbranched alkanes of at least 4 members (excludes halogenated alkanes) is 1. The summed E-state index contributed by atoms with van der Waals surface area (Å²) >= 11 is 0. The van der Waals surface area contributed by atoms with E-state index in [2.05, 4.69) is 52.9 Å². The number of hydrogen-bond donors (Lipinski definition) is 2. The zero-order valence-corrected chi connectivity index (χ0v) is 15.6. The molecule has 1 aliphatic rings. The molecular formula is C24H26N2O. The molecule has 0 fully saturated rings. The van der Waals surface area contributed by atoms with E-state index in [1.807, 2.05) is 18.2 Å². The number of benzene rings is 2. The molecule has 1 aliphatic heterocycles. The van der Waals surface area contributed by atoms with Gasteiger partial charge in [-0.25, -0.2) is 0 Å². The maximum atomic E-state index is 11.0. The van der Waals surface area contributed by atoms with E-state index in [4.69, 9.17) is 0 Å². The van der Waals surface area contributed by atoms with Gasteiger partial charge in [-0.05, 0) is 60.6 Å². The largest absolute Gasteiger partial charge is 0.361 e. The summed E-state index contributed by atoms with van der Waals surface area (Å²) in [5.41, 5.74) is 6.00. The van der Waals surface area contributed by atoms with Crippen molar-refractivity contribution >= 4 is 22.8 Å². The van der Waals surface area contributed by atoms with Crippen molar-refractivity contribution in [2.75, 3.05) is 6.54 Å². The molecule has 2 heterocycles. The van der Waals surface area contributed by atoms with Crippen LogP contribution in [0.4, 0.5) is 0 Å². The fourth-order valence-corrected chi connectivity index (χ4v) is 4.04. The van der Waals surface area contributed by atoms with E-state index in [0.717, 1.165) is 36.8 Å². The highest BCUT2D eigenvalue weighted by Gasteiger charge is 2.15. The van der Waals surface area contributed by atoms with E-state index < -0.39 is 0 Å². The SMILES string of the molecule is O=Cc1ccc2[nH]cc(CCCCC3CC(c4ccccc4)=CCN3)c2c1. The predicted octanol–water partition coefficient (Wildman–Crippen LogP) is 5.14. The number of rotatable bonds is 7. The molecule has 0 spiro atoms. The van der Waals surface area contributed by atoms with Gasteiger partial charge in [-0.15, -0.1) is 0 Å². The van der Waals surface area contributed by atoms with E-state index >= 15 is 0 Å². The summed E-state index contributed by atoms with van der Waals surface area (Å²) in [4.78, 5) is 14.3. The molecule has 3 aromatic rings. The van der Waals surface area contributed by atoms with E-state index in [9.17, 15) is 4.79 Å². The lowest BCUT2D eigenvalue weighted by atomic mass is 9.92. The van der Waals surface area contributed by atoms with Crippen LogP contribution in [0.5, 0.6) is 0 Å². The third-order valence-corrected chi connectivity index (χ3v) is 5.54. The van der Waals surface area contributed by atoms with Gasteiger partial charge in [0, 0.05) is 35.2 Å². The Labute approximate surface area is 160 Å². The van der Waals surface area contributed by atoms with Crippen molar-refractivity contribution < 1.29 is 4.79 Å². The van der Waals surface area contributed by atoms with Crippen LogP contribution < -0.4 is 5.32 Å². The van der Waals surface area contributed by atoms with Crippen molar-refractivity contribution in [2.24, 2.45) is 0 Å². The smallest absolute Gasteiger partial charge is 0.150 e. The number of fused-ring (bicyclic) bond motifs is 1. The standard InChI is InChI=1S/C24H26N2O/c27-17-18-10-11-24-23(14-18)21(16-26-24)8-4-5-9-22-15-20(12-13-25-22)19-6-2-1-3-7-19/h1-3,6-7,10-12,14,16-17,22,25-26H,4-5,8-9,13,15H2. The molecule has 0 bridgehead atoms. The third-order valence-electron chi connectivity index (χ3n) is 5.54. The second kappa shape index (κ2) is 8.36. The highest BCUT2D eigenvalue weighted by molar-refractivity contribution is 5.89. The van der Waals surface area contributed by atoms with Crippen LogP contribution in [-0.4, -0.2) is 23.9 Å². The van der Waals surface area contributed by atoms with E-state index in [1.54, 1.807) is 0 Å². The van der Waals surface area contributed by atoms with E-state index in [1.165, 1.54) is 41.3 Å². The van der Waals surface area contributed by atoms with Crippen LogP contribution in [0.25, 0.3) is 16.5 Å². The Morgan fingerprint density at radius 2 is 1.96 bits per heavy atom. The number of aldehydes is 1. The molecule has 3 heteroatoms. The van der Waals surface area contributed by atoms with Crippen molar-refractivity contribution in [3.05, 3.63) is 77.5 Å². The van der Waals surface area contributed by atoms with E-state index in [-0.39, 0.29) is 0 Å². The molecule has 1 atom stereocenters. The van der Waals surface area contributed by atoms with Crippen LogP contribution in [0.3, 0.4) is 0 Å². The second-order valence-corrected chi connectivity index (χ2v) is 7.39. The minimum Gasteiger partial charge on any atom is -0.361 e. The van der Waals surface area contributed by atoms with Crippen molar-refractivity contribution in [1.29, 1.82) is 0 Å². The summed E-state index contributed by atoms with van der Waals surface area (Å²) in [6.45, 7) is 0.964. The minimum absolute atomic E-state index is 0.565. The van der Waals surface area contributed by atoms with Gasteiger partial charge in [-0.2, -0.15) is 0 Å². The molecule has 27 heavy (non-hydrogen) atoms. The molecule has 0 saturated heterocycles. The molecule has 1 aromatic heterocycles. The number of hydrogen-bond acceptors (Lipinski definition) is 2. The fourth-order valence-electron chi connectivity index (χ4n) is 4.04. The van der Waals surface area contributed by atoms with Gasteiger partial charge in [-0.1, -0.05) is 42.8 Å². The van der Waals surface area contributed by atoms with Crippen molar-refractivity contribution in [3.8, 4) is 0 Å². The summed E-state index contributed by atoms with van der Waals surface area (Å²) in [7, 11) is 0. The lowest BCUT2D eigenvalue weighted by Crippen LogP contribution is -2.32. The molecule has 138 valence electrons. The Hall–Kier alpha value is -2.65. The first-order valence-electron chi connectivity index (χ1n) is 9.86. The lowest BCUT2D eigenvalue weighted by molar-refractivity contribution is 0.112. The number of nitrogens with one attached hydrogen (secondary N) is 2. The van der Waals surface area contributed by atoms with Gasteiger partial charge in [0.2, 0.25) is 0 Å². The van der Waals surface area contributed by atoms with Crippen LogP contribution in [0.1, 0.15) is 47.2 Å². The maximum absolute atomic E-state index is 11.0. The van der Waals surface area contributed by atoms with Crippen LogP contribution in [0.15, 0.2) is 60.8 Å². The summed E-state index contributed by atoms with van der Waals surface area (Å²) in [5, 5.41) is 4.82. The van der Waals surface area contributed by atoms with Gasteiger partial charge in [0.25, 0.3) is 0 Å². The number of H-pyrrole nitrogens is 1. The quantitative estimate of drug-likeness (QED) is 0.454. The Bertz CT molecular complexity index is 939. The van der Waals surface area contributed by atoms with Crippen molar-refractivity contribution in [3.63, 3.8) is 0 Å². The lowest BCUT2D eigenvalue weighted by Gasteiger charge is -2.24. The van der Waals surface area contributed by atoms with Gasteiger partial charge in [0.05, 0.1) is 0 Å². The van der Waals surface area contributed by atoms with Gasteiger partial charge in [0.1, 0.15) is 6.29 Å². The molecular weight excluding hydrogens is 332 g/mol. The molecule has 0 aliphatic carbocycles. The molecule has 3 nitrogen and oxygen atoms in total. The second-order valence-electron chi connectivity index (χ2n) is 7.39. The number of carbonyl (C=O) groups is 1. The number of aromatic nitrogens is 1. The monoisotopic (exact) mass is 358 g/mol. The average molecular weight is 358 g/mol. The number of aromatic amines is 1. The summed E-state index contributed by atoms with van der Waals surface area (Å²) in [5.74, 6) is 0. The number of aryl methyl sites for hydroxylation is 1. The van der Waals surface area contributed by atoms with Crippen molar-refractivity contribution in [1.82, 2.24) is 10.3 Å². The normalized spacial score (nSPS) is 17.0. The summed E-state index contributed by atoms with van der Waals surface area (Å²) < 4.78 is 0. The molecule has 0 amide bonds. The zero-order valence-electron chi connectivity index (χ0n) is 15.6. The summed E-state index contributed by atoms with van der Waals surface area (Å²) in [6.07, 6.45) is 11.1. The Morgan fingerprint density at radius 3 is 2.81 bits per heavy atom. The highest BCUT2D eigenvalue weighted by Crippen LogP contribution is 2.25. The van der Waals surface area contributed by atoms with Gasteiger partial charge >= 0.3 is 0 Å². The first-order chi connectivity index (χ1) is 13.3. The van der Waals surface area contributed by atoms with Gasteiger partial charge < -0.3 is 10.3 Å². The zero-order chi connectivity index (χ0) is 18.5. The average Bonchev–Trinajstić information content (AvgIpc) is 3.14. The topological polar surface area (TPSA) is 44.9 Å². The minimum atomic E-state index is 0.565.